The fourth-order valence-electron chi connectivity index (χ4n) is 1.83. The van der Waals surface area contributed by atoms with E-state index in [0.717, 1.165) is 12.5 Å². The van der Waals surface area contributed by atoms with Crippen molar-refractivity contribution in [3.05, 3.63) is 0 Å². The molecule has 1 aliphatic heterocycles. The van der Waals surface area contributed by atoms with Crippen molar-refractivity contribution >= 4 is 16.1 Å². The van der Waals surface area contributed by atoms with Crippen molar-refractivity contribution in [2.45, 2.75) is 44.2 Å². The second-order valence-electron chi connectivity index (χ2n) is 4.54. The summed E-state index contributed by atoms with van der Waals surface area (Å²) in [5, 5.41) is 0. The van der Waals surface area contributed by atoms with Crippen LogP contribution >= 0.6 is 0 Å². The molecule has 84 valence electrons. The number of alkyl halides is 3. The molecule has 1 aliphatic rings. The lowest BCUT2D eigenvalue weighted by atomic mass is 10.5. The lowest BCUT2D eigenvalue weighted by Crippen LogP contribution is -2.52. The summed E-state index contributed by atoms with van der Waals surface area (Å²) in [6.07, 6.45) is -3.77. The average Bonchev–Trinajstić information content (AvgIpc) is 2.08. The molecule has 0 radical (unpaired) electrons. The van der Waals surface area contributed by atoms with Crippen molar-refractivity contribution in [3.63, 3.8) is 0 Å². The van der Waals surface area contributed by atoms with E-state index < -0.39 is 28.7 Å². The molecular weight excluding hydrogens is 225 g/mol. The Morgan fingerprint density at radius 3 is 2.50 bits per heavy atom. The zero-order chi connectivity index (χ0) is 10.8. The van der Waals surface area contributed by atoms with Gasteiger partial charge in [0.1, 0.15) is 0 Å². The molecule has 2 atom stereocenters. The van der Waals surface area contributed by atoms with Crippen LogP contribution < -0.4 is 0 Å². The molecule has 0 saturated carbocycles. The topological polar surface area (TPSA) is 9.23 Å². The van der Waals surface area contributed by atoms with E-state index in [1.807, 2.05) is 0 Å². The van der Waals surface area contributed by atoms with Gasteiger partial charge >= 0.3 is 0 Å². The highest BCUT2D eigenvalue weighted by Crippen LogP contribution is 2.27. The molecular formula is C8H17F3OSi2. The van der Waals surface area contributed by atoms with Gasteiger partial charge in [0.25, 0.3) is 6.43 Å². The van der Waals surface area contributed by atoms with Crippen LogP contribution in [0.1, 0.15) is 6.42 Å². The first-order valence-electron chi connectivity index (χ1n) is 4.97. The smallest absolute Gasteiger partial charge is 0.269 e. The second kappa shape index (κ2) is 4.80. The summed E-state index contributed by atoms with van der Waals surface area (Å²) in [5.74, 6) is 0. The average molecular weight is 242 g/mol. The van der Waals surface area contributed by atoms with Gasteiger partial charge in [-0.2, -0.15) is 0 Å². The first kappa shape index (κ1) is 12.3. The summed E-state index contributed by atoms with van der Waals surface area (Å²) in [7, 11) is -3.15. The van der Waals surface area contributed by atoms with E-state index in [2.05, 4.69) is 13.1 Å². The highest BCUT2D eigenvalue weighted by molar-refractivity contribution is 7.30. The Morgan fingerprint density at radius 2 is 2.00 bits per heavy atom. The summed E-state index contributed by atoms with van der Waals surface area (Å²) < 4.78 is 42.5. The quantitative estimate of drug-likeness (QED) is 0.691. The van der Waals surface area contributed by atoms with Crippen LogP contribution in [0.3, 0.4) is 0 Å². The Labute approximate surface area is 85.2 Å². The summed E-state index contributed by atoms with van der Waals surface area (Å²) >= 11 is 0. The standard InChI is InChI=1S/C8H17F3OSi2/c1-14(2)5-3-4-12-13(14)6-7(9)8(10)11/h7-8,13H,3-6H2,1-2H3. The van der Waals surface area contributed by atoms with Crippen molar-refractivity contribution in [2.75, 3.05) is 6.61 Å². The Hall–Kier alpha value is 0.184. The van der Waals surface area contributed by atoms with Gasteiger partial charge < -0.3 is 4.43 Å². The third-order valence-electron chi connectivity index (χ3n) is 2.87. The molecule has 14 heavy (non-hydrogen) atoms. The molecule has 1 heterocycles. The molecule has 0 aliphatic carbocycles. The van der Waals surface area contributed by atoms with Gasteiger partial charge in [0.15, 0.2) is 14.7 Å². The molecule has 1 saturated heterocycles. The van der Waals surface area contributed by atoms with Gasteiger partial charge in [-0.25, -0.2) is 13.2 Å². The highest BCUT2D eigenvalue weighted by atomic mass is 29.2. The van der Waals surface area contributed by atoms with Gasteiger partial charge in [-0.15, -0.1) is 0 Å². The van der Waals surface area contributed by atoms with Crippen molar-refractivity contribution in [1.82, 2.24) is 0 Å². The third-order valence-corrected chi connectivity index (χ3v) is 15.1. The van der Waals surface area contributed by atoms with Crippen molar-refractivity contribution < 1.29 is 17.6 Å². The second-order valence-corrected chi connectivity index (χ2v) is 17.4. The monoisotopic (exact) mass is 242 g/mol. The Balaban J connectivity index is 2.49. The maximum Gasteiger partial charge on any atom is 0.269 e. The van der Waals surface area contributed by atoms with Crippen LogP contribution in [0, 0.1) is 0 Å². The SMILES string of the molecule is C[Si]1(C)CCCO[SiH]1CC(F)C(F)F. The minimum absolute atomic E-state index is 0.0108. The van der Waals surface area contributed by atoms with E-state index in [-0.39, 0.29) is 6.04 Å². The number of halogens is 3. The molecule has 0 bridgehead atoms. The molecule has 0 aromatic carbocycles. The number of rotatable bonds is 3. The summed E-state index contributed by atoms with van der Waals surface area (Å²) in [5.41, 5.74) is 0. The van der Waals surface area contributed by atoms with Gasteiger partial charge in [-0.3, -0.25) is 0 Å². The number of hydrogen-bond donors (Lipinski definition) is 0. The molecule has 0 aromatic heterocycles. The zero-order valence-corrected chi connectivity index (χ0v) is 10.8. The van der Waals surface area contributed by atoms with Crippen LogP contribution in [0.4, 0.5) is 13.2 Å². The molecule has 0 amide bonds. The van der Waals surface area contributed by atoms with Crippen LogP contribution in [-0.4, -0.2) is 35.4 Å². The van der Waals surface area contributed by atoms with Crippen molar-refractivity contribution in [3.8, 4) is 0 Å². The largest absolute Gasteiger partial charge is 0.423 e. The first-order chi connectivity index (χ1) is 6.43. The summed E-state index contributed by atoms with van der Waals surface area (Å²) in [6.45, 7) is 4.94. The van der Waals surface area contributed by atoms with Gasteiger partial charge in [0.05, 0.1) is 7.59 Å². The van der Waals surface area contributed by atoms with Crippen LogP contribution in [0.15, 0.2) is 0 Å². The molecule has 0 aromatic rings. The van der Waals surface area contributed by atoms with E-state index in [9.17, 15) is 13.2 Å². The van der Waals surface area contributed by atoms with Crippen LogP contribution in [0.25, 0.3) is 0 Å². The lowest BCUT2D eigenvalue weighted by molar-refractivity contribution is 0.0582. The molecule has 1 nitrogen and oxygen atoms in total. The first-order valence-corrected chi connectivity index (χ1v) is 11.3. The molecule has 6 heteroatoms. The fourth-order valence-corrected chi connectivity index (χ4v) is 11.4. The zero-order valence-electron chi connectivity index (χ0n) is 8.60. The molecule has 0 spiro atoms. The van der Waals surface area contributed by atoms with E-state index in [1.54, 1.807) is 0 Å². The normalized spacial score (nSPS) is 29.1. The van der Waals surface area contributed by atoms with Crippen molar-refractivity contribution in [2.24, 2.45) is 0 Å². The van der Waals surface area contributed by atoms with Crippen LogP contribution in [-0.2, 0) is 4.43 Å². The third kappa shape index (κ3) is 3.10. The Morgan fingerprint density at radius 1 is 1.36 bits per heavy atom. The van der Waals surface area contributed by atoms with E-state index in [4.69, 9.17) is 4.43 Å². The Bertz CT molecular complexity index is 189. The molecule has 1 fully saturated rings. The van der Waals surface area contributed by atoms with Gasteiger partial charge in [0.2, 0.25) is 0 Å². The lowest BCUT2D eigenvalue weighted by Gasteiger charge is -2.36. The van der Waals surface area contributed by atoms with Crippen LogP contribution in [0.5, 0.6) is 0 Å². The minimum Gasteiger partial charge on any atom is -0.423 e. The molecule has 1 rings (SSSR count). The Kier molecular flexibility index (Phi) is 4.20. The van der Waals surface area contributed by atoms with Crippen molar-refractivity contribution in [1.29, 1.82) is 0 Å². The minimum atomic E-state index is -2.84. The molecule has 0 N–H and O–H groups in total. The van der Waals surface area contributed by atoms with E-state index in [0.29, 0.717) is 6.61 Å². The number of hydrogen-bond acceptors (Lipinski definition) is 1. The maximum atomic E-state index is 12.9. The van der Waals surface area contributed by atoms with E-state index in [1.165, 1.54) is 0 Å². The van der Waals surface area contributed by atoms with Gasteiger partial charge in [0, 0.05) is 6.61 Å². The van der Waals surface area contributed by atoms with Gasteiger partial charge in [-0.1, -0.05) is 19.1 Å². The predicted octanol–water partition coefficient (Wildman–Crippen LogP) is 2.52. The van der Waals surface area contributed by atoms with Crippen LogP contribution in [0.2, 0.25) is 25.2 Å². The highest BCUT2D eigenvalue weighted by Gasteiger charge is 2.40. The maximum absolute atomic E-state index is 12.9. The fraction of sp³-hybridized carbons (Fsp3) is 1.00. The van der Waals surface area contributed by atoms with E-state index >= 15 is 0 Å². The summed E-state index contributed by atoms with van der Waals surface area (Å²) in [6, 6.07) is 1.12. The summed E-state index contributed by atoms with van der Waals surface area (Å²) in [4.78, 5) is 0. The molecule has 2 unspecified atom stereocenters. The predicted molar refractivity (Wildman–Crippen MR) is 55.7 cm³/mol. The van der Waals surface area contributed by atoms with Gasteiger partial charge in [-0.05, 0) is 12.5 Å².